The molecule has 1 amide bonds. The van der Waals surface area contributed by atoms with Crippen molar-refractivity contribution in [2.24, 2.45) is 0 Å². The van der Waals surface area contributed by atoms with Crippen molar-refractivity contribution in [3.8, 4) is 22.8 Å². The molecule has 0 radical (unpaired) electrons. The average Bonchev–Trinajstić information content (AvgIpc) is 3.30. The van der Waals surface area contributed by atoms with Gasteiger partial charge in [-0.15, -0.1) is 5.10 Å². The SMILES string of the molecule is CCc1cccc(NC(=O)CSc2n[nH]c(=O)c3cc(-c4ccc(OC)c(OC)c4)nn23)c1. The summed E-state index contributed by atoms with van der Waals surface area (Å²) in [5, 5.41) is 14.4. The van der Waals surface area contributed by atoms with E-state index in [0.29, 0.717) is 27.9 Å². The van der Waals surface area contributed by atoms with E-state index in [4.69, 9.17) is 9.47 Å². The van der Waals surface area contributed by atoms with Crippen LogP contribution in [-0.2, 0) is 11.2 Å². The van der Waals surface area contributed by atoms with Crippen LogP contribution in [0.2, 0.25) is 0 Å². The first kappa shape index (κ1) is 22.4. The summed E-state index contributed by atoms with van der Waals surface area (Å²) in [7, 11) is 3.12. The summed E-state index contributed by atoms with van der Waals surface area (Å²) in [6, 6.07) is 14.8. The van der Waals surface area contributed by atoms with Crippen molar-refractivity contribution >= 4 is 28.9 Å². The first-order chi connectivity index (χ1) is 16.0. The van der Waals surface area contributed by atoms with Crippen LogP contribution in [0, 0.1) is 0 Å². The van der Waals surface area contributed by atoms with Crippen molar-refractivity contribution in [3.05, 3.63) is 64.4 Å². The van der Waals surface area contributed by atoms with Gasteiger partial charge in [0.25, 0.3) is 5.56 Å². The Bertz CT molecular complexity index is 1360. The standard InChI is InChI=1S/C23H23N5O4S/c1-4-14-6-5-7-16(10-14)24-21(29)13-33-23-26-25-22(30)18-12-17(27-28(18)23)15-8-9-19(31-2)20(11-15)32-3/h5-12H,4,13H2,1-3H3,(H,24,29)(H,25,30). The Kier molecular flexibility index (Phi) is 6.64. The van der Waals surface area contributed by atoms with Crippen LogP contribution in [0.15, 0.2) is 58.5 Å². The zero-order valence-electron chi connectivity index (χ0n) is 18.4. The Morgan fingerprint density at radius 1 is 1.12 bits per heavy atom. The van der Waals surface area contributed by atoms with Crippen LogP contribution >= 0.6 is 11.8 Å². The van der Waals surface area contributed by atoms with Crippen molar-refractivity contribution in [2.75, 3.05) is 25.3 Å². The monoisotopic (exact) mass is 465 g/mol. The van der Waals surface area contributed by atoms with Crippen molar-refractivity contribution in [3.63, 3.8) is 0 Å². The fourth-order valence-electron chi connectivity index (χ4n) is 3.32. The fraction of sp³-hybridized carbons (Fsp3) is 0.217. The number of nitrogens with zero attached hydrogens (tertiary/aromatic N) is 3. The van der Waals surface area contributed by atoms with E-state index >= 15 is 0 Å². The second-order valence-corrected chi connectivity index (χ2v) is 8.06. The minimum absolute atomic E-state index is 0.107. The lowest BCUT2D eigenvalue weighted by Crippen LogP contribution is -2.17. The highest BCUT2D eigenvalue weighted by molar-refractivity contribution is 7.99. The van der Waals surface area contributed by atoms with E-state index in [-0.39, 0.29) is 17.2 Å². The normalized spacial score (nSPS) is 10.9. The summed E-state index contributed by atoms with van der Waals surface area (Å²) in [6.07, 6.45) is 0.888. The smallest absolute Gasteiger partial charge is 0.290 e. The number of anilines is 1. The lowest BCUT2D eigenvalue weighted by molar-refractivity contribution is -0.113. The van der Waals surface area contributed by atoms with Gasteiger partial charge in [0.15, 0.2) is 11.5 Å². The van der Waals surface area contributed by atoms with Crippen molar-refractivity contribution < 1.29 is 14.3 Å². The van der Waals surface area contributed by atoms with E-state index in [1.807, 2.05) is 30.3 Å². The molecule has 10 heteroatoms. The highest BCUT2D eigenvalue weighted by Gasteiger charge is 2.15. The number of thioether (sulfide) groups is 1. The molecule has 0 bridgehead atoms. The van der Waals surface area contributed by atoms with Gasteiger partial charge in [0.1, 0.15) is 5.52 Å². The van der Waals surface area contributed by atoms with Crippen molar-refractivity contribution in [1.82, 2.24) is 19.8 Å². The van der Waals surface area contributed by atoms with E-state index in [1.54, 1.807) is 32.4 Å². The molecule has 0 aliphatic rings. The molecular formula is C23H23N5O4S. The molecule has 2 aromatic carbocycles. The Balaban J connectivity index is 1.56. The van der Waals surface area contributed by atoms with Crippen LogP contribution in [0.25, 0.3) is 16.8 Å². The molecule has 0 spiro atoms. The lowest BCUT2D eigenvalue weighted by atomic mass is 10.1. The van der Waals surface area contributed by atoms with Gasteiger partial charge in [0.2, 0.25) is 11.1 Å². The van der Waals surface area contributed by atoms with Crippen LogP contribution in [0.5, 0.6) is 11.5 Å². The fourth-order valence-corrected chi connectivity index (χ4v) is 4.02. The third-order valence-corrected chi connectivity index (χ3v) is 5.94. The molecule has 4 aromatic rings. The number of benzene rings is 2. The number of carbonyl (C=O) groups excluding carboxylic acids is 1. The topological polar surface area (TPSA) is 111 Å². The number of H-pyrrole nitrogens is 1. The minimum Gasteiger partial charge on any atom is -0.493 e. The van der Waals surface area contributed by atoms with Gasteiger partial charge in [-0.2, -0.15) is 5.10 Å². The molecule has 2 aromatic heterocycles. The maximum Gasteiger partial charge on any atom is 0.290 e. The predicted octanol–water partition coefficient (Wildman–Crippen LogP) is 3.40. The third-order valence-electron chi connectivity index (χ3n) is 5.01. The summed E-state index contributed by atoms with van der Waals surface area (Å²) in [5.41, 5.74) is 3.16. The van der Waals surface area contributed by atoms with Gasteiger partial charge in [-0.05, 0) is 48.4 Å². The van der Waals surface area contributed by atoms with Gasteiger partial charge in [0, 0.05) is 11.3 Å². The molecule has 170 valence electrons. The molecular weight excluding hydrogens is 442 g/mol. The zero-order chi connectivity index (χ0) is 23.4. The quantitative estimate of drug-likeness (QED) is 0.384. The average molecular weight is 466 g/mol. The number of amides is 1. The third kappa shape index (κ3) is 4.85. The number of fused-ring (bicyclic) bond motifs is 1. The molecule has 33 heavy (non-hydrogen) atoms. The van der Waals surface area contributed by atoms with Crippen LogP contribution in [0.4, 0.5) is 5.69 Å². The molecule has 0 unspecified atom stereocenters. The largest absolute Gasteiger partial charge is 0.493 e. The number of hydrogen-bond acceptors (Lipinski definition) is 7. The second kappa shape index (κ2) is 9.78. The van der Waals surface area contributed by atoms with Gasteiger partial charge >= 0.3 is 0 Å². The van der Waals surface area contributed by atoms with Crippen LogP contribution in [0.1, 0.15) is 12.5 Å². The molecule has 9 nitrogen and oxygen atoms in total. The van der Waals surface area contributed by atoms with E-state index in [0.717, 1.165) is 23.2 Å². The summed E-state index contributed by atoms with van der Waals surface area (Å²) in [6.45, 7) is 2.06. The van der Waals surface area contributed by atoms with E-state index < -0.39 is 0 Å². The highest BCUT2D eigenvalue weighted by atomic mass is 32.2. The van der Waals surface area contributed by atoms with Crippen LogP contribution in [0.3, 0.4) is 0 Å². The zero-order valence-corrected chi connectivity index (χ0v) is 19.2. The number of aromatic amines is 1. The first-order valence-corrected chi connectivity index (χ1v) is 11.2. The van der Waals surface area contributed by atoms with Crippen molar-refractivity contribution in [2.45, 2.75) is 18.5 Å². The molecule has 4 rings (SSSR count). The molecule has 0 aliphatic carbocycles. The first-order valence-electron chi connectivity index (χ1n) is 10.2. The number of carbonyl (C=O) groups is 1. The number of aryl methyl sites for hydroxylation is 1. The number of rotatable bonds is 8. The summed E-state index contributed by atoms with van der Waals surface area (Å²) >= 11 is 1.18. The number of ether oxygens (including phenoxy) is 2. The summed E-state index contributed by atoms with van der Waals surface area (Å²) in [5.74, 6) is 1.08. The summed E-state index contributed by atoms with van der Waals surface area (Å²) < 4.78 is 12.1. The molecule has 2 N–H and O–H groups in total. The molecule has 0 saturated heterocycles. The molecule has 0 atom stereocenters. The number of aromatic nitrogens is 4. The minimum atomic E-state index is -0.376. The predicted molar refractivity (Wildman–Crippen MR) is 127 cm³/mol. The maximum atomic E-state index is 12.5. The van der Waals surface area contributed by atoms with Crippen LogP contribution < -0.4 is 20.3 Å². The maximum absolute atomic E-state index is 12.5. The molecule has 0 fully saturated rings. The van der Waals surface area contributed by atoms with E-state index in [9.17, 15) is 9.59 Å². The van der Waals surface area contributed by atoms with Gasteiger partial charge in [-0.1, -0.05) is 30.8 Å². The van der Waals surface area contributed by atoms with Gasteiger partial charge in [-0.25, -0.2) is 9.61 Å². The molecule has 0 aliphatic heterocycles. The number of methoxy groups -OCH3 is 2. The highest BCUT2D eigenvalue weighted by Crippen LogP contribution is 2.32. The Hall–Kier alpha value is -3.79. The second-order valence-electron chi connectivity index (χ2n) is 7.12. The van der Waals surface area contributed by atoms with Gasteiger partial charge < -0.3 is 14.8 Å². The van der Waals surface area contributed by atoms with E-state index in [1.165, 1.54) is 16.3 Å². The Morgan fingerprint density at radius 3 is 2.70 bits per heavy atom. The summed E-state index contributed by atoms with van der Waals surface area (Å²) in [4.78, 5) is 24.8. The Morgan fingerprint density at radius 2 is 1.94 bits per heavy atom. The number of nitrogens with one attached hydrogen (secondary N) is 2. The lowest BCUT2D eigenvalue weighted by Gasteiger charge is -2.08. The van der Waals surface area contributed by atoms with Gasteiger partial charge in [0.05, 0.1) is 25.7 Å². The molecule has 2 heterocycles. The van der Waals surface area contributed by atoms with Gasteiger partial charge in [-0.3, -0.25) is 9.59 Å². The van der Waals surface area contributed by atoms with Crippen LogP contribution in [-0.4, -0.2) is 45.7 Å². The molecule has 0 saturated carbocycles. The Labute approximate surface area is 194 Å². The van der Waals surface area contributed by atoms with E-state index in [2.05, 4.69) is 27.5 Å². The number of hydrogen-bond donors (Lipinski definition) is 2. The van der Waals surface area contributed by atoms with Crippen molar-refractivity contribution in [1.29, 1.82) is 0 Å².